The number of rotatable bonds is 5. The second-order valence-corrected chi connectivity index (χ2v) is 5.20. The van der Waals surface area contributed by atoms with E-state index in [2.05, 4.69) is 6.07 Å². The highest BCUT2D eigenvalue weighted by molar-refractivity contribution is 5.76. The zero-order valence-corrected chi connectivity index (χ0v) is 11.4. The number of carbonyl (C=O) groups excluding carboxylic acids is 1. The van der Waals surface area contributed by atoms with Gasteiger partial charge in [0.2, 0.25) is 0 Å². The summed E-state index contributed by atoms with van der Waals surface area (Å²) < 4.78 is 5.74. The first-order valence-electron chi connectivity index (χ1n) is 6.00. The third kappa shape index (κ3) is 3.59. The minimum atomic E-state index is -0.370. The Morgan fingerprint density at radius 1 is 1.33 bits per heavy atom. The van der Waals surface area contributed by atoms with E-state index in [9.17, 15) is 4.79 Å². The van der Waals surface area contributed by atoms with Gasteiger partial charge in [-0.3, -0.25) is 4.79 Å². The van der Waals surface area contributed by atoms with Crippen molar-refractivity contribution in [3.8, 4) is 11.8 Å². The predicted octanol–water partition coefficient (Wildman–Crippen LogP) is 3.43. The van der Waals surface area contributed by atoms with Gasteiger partial charge in [0.25, 0.3) is 0 Å². The summed E-state index contributed by atoms with van der Waals surface area (Å²) in [5.74, 6) is 0.814. The van der Waals surface area contributed by atoms with Crippen LogP contribution in [0.5, 0.6) is 5.75 Å². The summed E-state index contributed by atoms with van der Waals surface area (Å²) >= 11 is 0. The van der Waals surface area contributed by atoms with E-state index >= 15 is 0 Å². The average molecular weight is 245 g/mol. The van der Waals surface area contributed by atoms with Crippen LogP contribution in [-0.2, 0) is 0 Å². The molecule has 0 amide bonds. The van der Waals surface area contributed by atoms with Crippen LogP contribution in [0.15, 0.2) is 12.1 Å². The Morgan fingerprint density at radius 3 is 2.33 bits per heavy atom. The molecule has 0 N–H and O–H groups in total. The monoisotopic (exact) mass is 245 g/mol. The second kappa shape index (κ2) is 5.68. The van der Waals surface area contributed by atoms with Crippen LogP contribution < -0.4 is 4.74 Å². The van der Waals surface area contributed by atoms with Crippen molar-refractivity contribution in [2.45, 2.75) is 34.1 Å². The SMILES string of the molecule is Cc1cc(C=O)cc(C)c1OCCC(C)(C)C#N. The van der Waals surface area contributed by atoms with E-state index in [0.29, 0.717) is 18.6 Å². The number of aldehydes is 1. The minimum Gasteiger partial charge on any atom is -0.493 e. The fraction of sp³-hybridized carbons (Fsp3) is 0.467. The molecular weight excluding hydrogens is 226 g/mol. The van der Waals surface area contributed by atoms with Crippen molar-refractivity contribution in [2.24, 2.45) is 5.41 Å². The number of carbonyl (C=O) groups is 1. The molecule has 0 radical (unpaired) electrons. The van der Waals surface area contributed by atoms with Gasteiger partial charge in [0, 0.05) is 5.56 Å². The van der Waals surface area contributed by atoms with Gasteiger partial charge >= 0.3 is 0 Å². The van der Waals surface area contributed by atoms with Gasteiger partial charge in [0.05, 0.1) is 18.1 Å². The Bertz CT molecular complexity index is 461. The topological polar surface area (TPSA) is 50.1 Å². The molecule has 1 aromatic rings. The standard InChI is InChI=1S/C15H19NO2/c1-11-7-13(9-17)8-12(2)14(11)18-6-5-15(3,4)10-16/h7-9H,5-6H2,1-4H3. The van der Waals surface area contributed by atoms with E-state index in [1.165, 1.54) is 0 Å². The number of hydrogen-bond donors (Lipinski definition) is 0. The fourth-order valence-corrected chi connectivity index (χ4v) is 1.74. The van der Waals surface area contributed by atoms with Gasteiger partial charge in [-0.1, -0.05) is 0 Å². The van der Waals surface area contributed by atoms with E-state index < -0.39 is 0 Å². The lowest BCUT2D eigenvalue weighted by Crippen LogP contribution is -2.13. The molecule has 0 saturated heterocycles. The van der Waals surface area contributed by atoms with Crippen LogP contribution >= 0.6 is 0 Å². The van der Waals surface area contributed by atoms with Crippen LogP contribution in [0.1, 0.15) is 41.8 Å². The zero-order valence-electron chi connectivity index (χ0n) is 11.4. The fourth-order valence-electron chi connectivity index (χ4n) is 1.74. The predicted molar refractivity (Wildman–Crippen MR) is 70.8 cm³/mol. The van der Waals surface area contributed by atoms with Crippen molar-refractivity contribution in [2.75, 3.05) is 6.61 Å². The quantitative estimate of drug-likeness (QED) is 0.747. The van der Waals surface area contributed by atoms with Crippen molar-refractivity contribution in [3.05, 3.63) is 28.8 Å². The van der Waals surface area contributed by atoms with Crippen molar-refractivity contribution in [1.29, 1.82) is 5.26 Å². The highest BCUT2D eigenvalue weighted by atomic mass is 16.5. The molecule has 0 unspecified atom stereocenters. The third-order valence-corrected chi connectivity index (χ3v) is 2.89. The number of nitrogens with zero attached hydrogens (tertiary/aromatic N) is 1. The lowest BCUT2D eigenvalue weighted by molar-refractivity contribution is 0.112. The van der Waals surface area contributed by atoms with E-state index in [1.807, 2.05) is 39.8 Å². The Hall–Kier alpha value is -1.82. The van der Waals surface area contributed by atoms with Crippen LogP contribution in [0.4, 0.5) is 0 Å². The van der Waals surface area contributed by atoms with Gasteiger partial charge in [0.1, 0.15) is 12.0 Å². The highest BCUT2D eigenvalue weighted by Gasteiger charge is 2.17. The normalized spacial score (nSPS) is 10.8. The Balaban J connectivity index is 2.75. The summed E-state index contributed by atoms with van der Waals surface area (Å²) in [6, 6.07) is 5.87. The molecule has 0 aliphatic carbocycles. The molecule has 18 heavy (non-hydrogen) atoms. The number of benzene rings is 1. The van der Waals surface area contributed by atoms with Crippen LogP contribution in [0.3, 0.4) is 0 Å². The van der Waals surface area contributed by atoms with Gasteiger partial charge < -0.3 is 4.74 Å². The molecular formula is C15H19NO2. The average Bonchev–Trinajstić information content (AvgIpc) is 2.32. The van der Waals surface area contributed by atoms with Gasteiger partial charge in [-0.05, 0) is 57.4 Å². The number of nitriles is 1. The molecule has 0 heterocycles. The largest absolute Gasteiger partial charge is 0.493 e. The molecule has 0 aliphatic heterocycles. The van der Waals surface area contributed by atoms with Gasteiger partial charge in [0.15, 0.2) is 0 Å². The van der Waals surface area contributed by atoms with Crippen LogP contribution in [0.2, 0.25) is 0 Å². The Labute approximate surface area is 108 Å². The molecule has 1 aromatic carbocycles. The van der Waals surface area contributed by atoms with Crippen molar-refractivity contribution in [3.63, 3.8) is 0 Å². The summed E-state index contributed by atoms with van der Waals surface area (Å²) in [5.41, 5.74) is 2.19. The van der Waals surface area contributed by atoms with Crippen molar-refractivity contribution >= 4 is 6.29 Å². The summed E-state index contributed by atoms with van der Waals surface area (Å²) in [6.45, 7) is 8.13. The highest BCUT2D eigenvalue weighted by Crippen LogP contribution is 2.26. The molecule has 3 heteroatoms. The number of hydrogen-bond acceptors (Lipinski definition) is 3. The summed E-state index contributed by atoms with van der Waals surface area (Å²) in [5, 5.41) is 8.92. The van der Waals surface area contributed by atoms with E-state index in [4.69, 9.17) is 10.00 Å². The molecule has 0 atom stereocenters. The molecule has 0 saturated carbocycles. The van der Waals surface area contributed by atoms with E-state index in [1.54, 1.807) is 0 Å². The summed E-state index contributed by atoms with van der Waals surface area (Å²) in [7, 11) is 0. The van der Waals surface area contributed by atoms with Gasteiger partial charge in [-0.2, -0.15) is 5.26 Å². The minimum absolute atomic E-state index is 0.370. The number of ether oxygens (including phenoxy) is 1. The molecule has 0 aliphatic rings. The molecule has 96 valence electrons. The van der Waals surface area contributed by atoms with Crippen molar-refractivity contribution < 1.29 is 9.53 Å². The maximum absolute atomic E-state index is 10.7. The summed E-state index contributed by atoms with van der Waals surface area (Å²) in [4.78, 5) is 10.7. The smallest absolute Gasteiger partial charge is 0.150 e. The zero-order chi connectivity index (χ0) is 13.8. The van der Waals surface area contributed by atoms with Crippen molar-refractivity contribution in [1.82, 2.24) is 0 Å². The van der Waals surface area contributed by atoms with Crippen LogP contribution in [0, 0.1) is 30.6 Å². The Kier molecular flexibility index (Phi) is 4.49. The van der Waals surface area contributed by atoms with Crippen LogP contribution in [0.25, 0.3) is 0 Å². The maximum atomic E-state index is 10.7. The molecule has 0 fully saturated rings. The summed E-state index contributed by atoms with van der Waals surface area (Å²) in [6.07, 6.45) is 1.51. The molecule has 0 bridgehead atoms. The first-order valence-corrected chi connectivity index (χ1v) is 6.00. The van der Waals surface area contributed by atoms with Gasteiger partial charge in [-0.25, -0.2) is 0 Å². The first-order chi connectivity index (χ1) is 8.39. The molecule has 3 nitrogen and oxygen atoms in total. The maximum Gasteiger partial charge on any atom is 0.150 e. The second-order valence-electron chi connectivity index (χ2n) is 5.20. The van der Waals surface area contributed by atoms with Gasteiger partial charge in [-0.15, -0.1) is 0 Å². The lowest BCUT2D eigenvalue weighted by Gasteiger charge is -2.17. The molecule has 0 aromatic heterocycles. The van der Waals surface area contributed by atoms with E-state index in [0.717, 1.165) is 23.2 Å². The molecule has 1 rings (SSSR count). The lowest BCUT2D eigenvalue weighted by atomic mass is 9.92. The first kappa shape index (κ1) is 14.2. The van der Waals surface area contributed by atoms with E-state index in [-0.39, 0.29) is 5.41 Å². The Morgan fingerprint density at radius 2 is 1.89 bits per heavy atom. The number of aryl methyl sites for hydroxylation is 2. The molecule has 0 spiro atoms. The van der Waals surface area contributed by atoms with Crippen LogP contribution in [-0.4, -0.2) is 12.9 Å². The third-order valence-electron chi connectivity index (χ3n) is 2.89.